The molecule has 0 radical (unpaired) electrons. The van der Waals surface area contributed by atoms with Gasteiger partial charge in [0.05, 0.1) is 24.2 Å². The number of carbonyl (C=O) groups excluding carboxylic acids is 2. The first-order valence-corrected chi connectivity index (χ1v) is 14.8. The summed E-state index contributed by atoms with van der Waals surface area (Å²) in [7, 11) is 1.69. The predicted molar refractivity (Wildman–Crippen MR) is 171 cm³/mol. The van der Waals surface area contributed by atoms with Crippen molar-refractivity contribution in [2.75, 3.05) is 38.2 Å². The number of benzene rings is 3. The van der Waals surface area contributed by atoms with Gasteiger partial charge in [0.1, 0.15) is 11.4 Å². The molecule has 0 bridgehead atoms. The van der Waals surface area contributed by atoms with Crippen molar-refractivity contribution in [3.8, 4) is 28.1 Å². The third-order valence-electron chi connectivity index (χ3n) is 8.30. The molecule has 0 unspecified atom stereocenters. The highest BCUT2D eigenvalue weighted by Gasteiger charge is 2.24. The predicted octanol–water partition coefficient (Wildman–Crippen LogP) is 6.47. The van der Waals surface area contributed by atoms with E-state index in [0.717, 1.165) is 58.3 Å². The normalized spacial score (nSPS) is 13.4. The van der Waals surface area contributed by atoms with Crippen LogP contribution in [0.1, 0.15) is 35.0 Å². The lowest BCUT2D eigenvalue weighted by molar-refractivity contribution is -0.131. The monoisotopic (exact) mass is 572 g/mol. The Kier molecular flexibility index (Phi) is 7.97. The molecule has 5 aromatic rings. The summed E-state index contributed by atoms with van der Waals surface area (Å²) in [6.07, 6.45) is 3.07. The van der Waals surface area contributed by atoms with Crippen molar-refractivity contribution < 1.29 is 14.3 Å². The third kappa shape index (κ3) is 5.89. The SMILES string of the molecule is COc1ccccc1N1CCN(C(=O)CCc2c(-c3ccc(C)cc3)nc3ccc(-c4ccc(C(C)=O)cc4)cn23)CC1. The van der Waals surface area contributed by atoms with Crippen LogP contribution in [0.4, 0.5) is 5.69 Å². The topological polar surface area (TPSA) is 67.2 Å². The van der Waals surface area contributed by atoms with Gasteiger partial charge in [0.25, 0.3) is 0 Å². The van der Waals surface area contributed by atoms with Crippen LogP contribution in [0, 0.1) is 6.92 Å². The summed E-state index contributed by atoms with van der Waals surface area (Å²) in [5, 5.41) is 0. The summed E-state index contributed by atoms with van der Waals surface area (Å²) in [5.74, 6) is 1.06. The van der Waals surface area contributed by atoms with Crippen LogP contribution >= 0.6 is 0 Å². The minimum absolute atomic E-state index is 0.0486. The zero-order valence-corrected chi connectivity index (χ0v) is 24.9. The van der Waals surface area contributed by atoms with Crippen LogP contribution in [0.15, 0.2) is 91.1 Å². The number of hydrogen-bond donors (Lipinski definition) is 0. The first-order chi connectivity index (χ1) is 20.9. The van der Waals surface area contributed by atoms with E-state index in [2.05, 4.69) is 58.8 Å². The molecule has 43 heavy (non-hydrogen) atoms. The van der Waals surface area contributed by atoms with Crippen molar-refractivity contribution in [2.45, 2.75) is 26.7 Å². The summed E-state index contributed by atoms with van der Waals surface area (Å²) >= 11 is 0. The first-order valence-electron chi connectivity index (χ1n) is 14.8. The van der Waals surface area contributed by atoms with E-state index in [9.17, 15) is 9.59 Å². The van der Waals surface area contributed by atoms with Gasteiger partial charge >= 0.3 is 0 Å². The fourth-order valence-electron chi connectivity index (χ4n) is 5.81. The van der Waals surface area contributed by atoms with Crippen LogP contribution in [0.3, 0.4) is 0 Å². The van der Waals surface area contributed by atoms with E-state index < -0.39 is 0 Å². The Labute approximate surface area is 252 Å². The number of anilines is 1. The number of para-hydroxylation sites is 2. The quantitative estimate of drug-likeness (QED) is 0.200. The Morgan fingerprint density at radius 2 is 1.49 bits per heavy atom. The number of aryl methyl sites for hydroxylation is 2. The fraction of sp³-hybridized carbons (Fsp3) is 0.250. The van der Waals surface area contributed by atoms with E-state index in [0.29, 0.717) is 31.5 Å². The molecular weight excluding hydrogens is 536 g/mol. The van der Waals surface area contributed by atoms with Crippen molar-refractivity contribution in [2.24, 2.45) is 0 Å². The molecule has 2 aromatic heterocycles. The van der Waals surface area contributed by atoms with Gasteiger partial charge < -0.3 is 18.9 Å². The number of piperazine rings is 1. The molecule has 0 saturated carbocycles. The van der Waals surface area contributed by atoms with Gasteiger partial charge in [-0.2, -0.15) is 0 Å². The number of ether oxygens (including phenoxy) is 1. The van der Waals surface area contributed by atoms with E-state index >= 15 is 0 Å². The highest BCUT2D eigenvalue weighted by Crippen LogP contribution is 2.30. The summed E-state index contributed by atoms with van der Waals surface area (Å²) in [4.78, 5) is 34.5. The van der Waals surface area contributed by atoms with Crippen molar-refractivity contribution in [3.63, 3.8) is 0 Å². The van der Waals surface area contributed by atoms with Gasteiger partial charge in [0.15, 0.2) is 5.78 Å². The number of amides is 1. The second-order valence-corrected chi connectivity index (χ2v) is 11.1. The van der Waals surface area contributed by atoms with E-state index in [4.69, 9.17) is 9.72 Å². The molecule has 0 aliphatic carbocycles. The molecule has 1 saturated heterocycles. The van der Waals surface area contributed by atoms with Crippen LogP contribution < -0.4 is 9.64 Å². The van der Waals surface area contributed by atoms with E-state index in [1.807, 2.05) is 53.4 Å². The maximum absolute atomic E-state index is 13.5. The molecule has 0 atom stereocenters. The Hall–Kier alpha value is -4.91. The molecule has 1 amide bonds. The van der Waals surface area contributed by atoms with Gasteiger partial charge in [-0.25, -0.2) is 4.98 Å². The maximum atomic E-state index is 13.5. The number of Topliss-reactive ketones (excluding diaryl/α,β-unsaturated/α-hetero) is 1. The number of nitrogens with zero attached hydrogens (tertiary/aromatic N) is 4. The second-order valence-electron chi connectivity index (χ2n) is 11.1. The lowest BCUT2D eigenvalue weighted by Crippen LogP contribution is -2.49. The smallest absolute Gasteiger partial charge is 0.223 e. The zero-order valence-electron chi connectivity index (χ0n) is 24.9. The third-order valence-corrected chi connectivity index (χ3v) is 8.30. The summed E-state index contributed by atoms with van der Waals surface area (Å²) in [6.45, 7) is 6.53. The molecule has 218 valence electrons. The standard InChI is InChI=1S/C36H36N4O3/c1-25-8-10-29(11-9-25)36-32(40-24-30(16-18-34(40)37-36)28-14-12-27(13-15-28)26(2)41)17-19-35(42)39-22-20-38(21-23-39)31-6-4-5-7-33(31)43-3/h4-16,18,24H,17,19-23H2,1-3H3. The van der Waals surface area contributed by atoms with Gasteiger partial charge in [-0.3, -0.25) is 9.59 Å². The molecule has 1 aliphatic heterocycles. The van der Waals surface area contributed by atoms with Crippen LogP contribution in [-0.4, -0.2) is 59.3 Å². The molecule has 1 fully saturated rings. The molecule has 0 spiro atoms. The molecule has 1 aliphatic rings. The number of aromatic nitrogens is 2. The highest BCUT2D eigenvalue weighted by atomic mass is 16.5. The lowest BCUT2D eigenvalue weighted by atomic mass is 10.0. The Balaban J connectivity index is 1.24. The minimum Gasteiger partial charge on any atom is -0.495 e. The molecule has 6 rings (SSSR count). The van der Waals surface area contributed by atoms with Gasteiger partial charge in [0, 0.05) is 49.9 Å². The Morgan fingerprint density at radius 3 is 2.19 bits per heavy atom. The van der Waals surface area contributed by atoms with Crippen molar-refractivity contribution in [3.05, 3.63) is 108 Å². The molecule has 7 heteroatoms. The second kappa shape index (κ2) is 12.1. The average Bonchev–Trinajstić information content (AvgIpc) is 3.41. The molecule has 3 heterocycles. The average molecular weight is 573 g/mol. The van der Waals surface area contributed by atoms with Crippen LogP contribution in [0.5, 0.6) is 5.75 Å². The Bertz CT molecular complexity index is 1770. The van der Waals surface area contributed by atoms with Crippen LogP contribution in [0.2, 0.25) is 0 Å². The summed E-state index contributed by atoms with van der Waals surface area (Å²) in [5.41, 5.74) is 8.78. The number of methoxy groups -OCH3 is 1. The molecule has 7 nitrogen and oxygen atoms in total. The van der Waals surface area contributed by atoms with E-state index in [1.54, 1.807) is 14.0 Å². The summed E-state index contributed by atoms with van der Waals surface area (Å²) in [6, 6.07) is 28.2. The van der Waals surface area contributed by atoms with Gasteiger partial charge in [-0.1, -0.05) is 66.2 Å². The lowest BCUT2D eigenvalue weighted by Gasteiger charge is -2.36. The number of carbonyl (C=O) groups is 2. The van der Waals surface area contributed by atoms with Crippen LogP contribution in [-0.2, 0) is 11.2 Å². The largest absolute Gasteiger partial charge is 0.495 e. The van der Waals surface area contributed by atoms with Crippen LogP contribution in [0.25, 0.3) is 28.0 Å². The number of hydrogen-bond acceptors (Lipinski definition) is 5. The zero-order chi connectivity index (χ0) is 29.9. The van der Waals surface area contributed by atoms with Gasteiger partial charge in [-0.05, 0) is 55.7 Å². The van der Waals surface area contributed by atoms with Crippen molar-refractivity contribution >= 4 is 23.0 Å². The van der Waals surface area contributed by atoms with Gasteiger partial charge in [0.2, 0.25) is 5.91 Å². The van der Waals surface area contributed by atoms with E-state index in [-0.39, 0.29) is 11.7 Å². The Morgan fingerprint density at radius 1 is 0.814 bits per heavy atom. The molecular formula is C36H36N4O3. The highest BCUT2D eigenvalue weighted by molar-refractivity contribution is 5.94. The molecule has 3 aromatic carbocycles. The van der Waals surface area contributed by atoms with Crippen molar-refractivity contribution in [1.29, 1.82) is 0 Å². The summed E-state index contributed by atoms with van der Waals surface area (Å²) < 4.78 is 7.67. The minimum atomic E-state index is 0.0486. The number of imidazole rings is 1. The fourth-order valence-corrected chi connectivity index (χ4v) is 5.81. The number of ketones is 1. The van der Waals surface area contributed by atoms with Gasteiger partial charge in [-0.15, -0.1) is 0 Å². The van der Waals surface area contributed by atoms with Crippen molar-refractivity contribution in [1.82, 2.24) is 14.3 Å². The number of rotatable bonds is 8. The number of pyridine rings is 1. The van der Waals surface area contributed by atoms with E-state index in [1.165, 1.54) is 5.56 Å². The first kappa shape index (κ1) is 28.2. The number of fused-ring (bicyclic) bond motifs is 1. The maximum Gasteiger partial charge on any atom is 0.223 e. The molecule has 0 N–H and O–H groups in total.